The summed E-state index contributed by atoms with van der Waals surface area (Å²) < 4.78 is 33.6. The first-order valence-electron chi connectivity index (χ1n) is 10.5. The van der Waals surface area contributed by atoms with Crippen molar-refractivity contribution in [3.05, 3.63) is 94.9 Å². The molecule has 0 aliphatic heterocycles. The predicted octanol–water partition coefficient (Wildman–Crippen LogP) is 5.19. The highest BCUT2D eigenvalue weighted by Gasteiger charge is 2.38. The molecule has 1 aliphatic rings. The smallest absolute Gasteiger partial charge is 0.475 e. The number of alkyl halides is 3. The van der Waals surface area contributed by atoms with Gasteiger partial charge in [0.15, 0.2) is 0 Å². The average Bonchev–Trinajstić information content (AvgIpc) is 3.40. The van der Waals surface area contributed by atoms with Crippen LogP contribution in [0.4, 0.5) is 13.2 Å². The first kappa shape index (κ1) is 24.3. The highest BCUT2D eigenvalue weighted by molar-refractivity contribution is 6.30. The Bertz CT molecular complexity index is 1380. The Labute approximate surface area is 203 Å². The number of carbonyl (C=O) groups is 2. The van der Waals surface area contributed by atoms with Gasteiger partial charge >= 0.3 is 12.1 Å². The molecule has 0 radical (unpaired) electrons. The van der Waals surface area contributed by atoms with Crippen LogP contribution in [-0.4, -0.2) is 38.6 Å². The largest absolute Gasteiger partial charge is 0.490 e. The number of carboxylic acids is 1. The maximum absolute atomic E-state index is 13.1. The van der Waals surface area contributed by atoms with Crippen molar-refractivity contribution in [1.82, 2.24) is 14.7 Å². The van der Waals surface area contributed by atoms with Crippen LogP contribution in [0.3, 0.4) is 0 Å². The van der Waals surface area contributed by atoms with Crippen LogP contribution in [0.25, 0.3) is 16.8 Å². The number of hydrogen-bond donors (Lipinski definition) is 2. The van der Waals surface area contributed by atoms with Gasteiger partial charge in [-0.25, -0.2) is 9.78 Å². The summed E-state index contributed by atoms with van der Waals surface area (Å²) in [5.74, 6) is -2.53. The number of halogens is 4. The second-order valence-electron chi connectivity index (χ2n) is 7.90. The van der Waals surface area contributed by atoms with Crippen molar-refractivity contribution in [3.63, 3.8) is 0 Å². The first-order chi connectivity index (χ1) is 16.6. The molecule has 5 rings (SSSR count). The average molecular weight is 502 g/mol. The van der Waals surface area contributed by atoms with Gasteiger partial charge in [-0.3, -0.25) is 9.20 Å². The molecule has 0 saturated carbocycles. The Morgan fingerprint density at radius 1 is 1.00 bits per heavy atom. The lowest BCUT2D eigenvalue weighted by Gasteiger charge is -2.11. The van der Waals surface area contributed by atoms with Crippen LogP contribution in [0.5, 0.6) is 0 Å². The van der Waals surface area contributed by atoms with E-state index in [2.05, 4.69) is 22.4 Å². The van der Waals surface area contributed by atoms with E-state index < -0.39 is 12.1 Å². The summed E-state index contributed by atoms with van der Waals surface area (Å²) in [5, 5.41) is 10.9. The molecule has 2 heterocycles. The van der Waals surface area contributed by atoms with Gasteiger partial charge < -0.3 is 10.4 Å². The number of aliphatic carboxylic acids is 1. The van der Waals surface area contributed by atoms with Crippen molar-refractivity contribution in [1.29, 1.82) is 0 Å². The maximum atomic E-state index is 13.1. The third-order valence-electron chi connectivity index (χ3n) is 5.48. The molecule has 0 saturated heterocycles. The van der Waals surface area contributed by atoms with Crippen molar-refractivity contribution in [3.8, 4) is 11.3 Å². The molecule has 1 amide bonds. The van der Waals surface area contributed by atoms with Gasteiger partial charge in [0, 0.05) is 22.8 Å². The summed E-state index contributed by atoms with van der Waals surface area (Å²) in [6, 6.07) is 21.8. The number of hydrogen-bond acceptors (Lipinski definition) is 3. The molecule has 180 valence electrons. The molecule has 2 aromatic heterocycles. The minimum Gasteiger partial charge on any atom is -0.475 e. The molecule has 2 N–H and O–H groups in total. The second kappa shape index (κ2) is 9.79. The van der Waals surface area contributed by atoms with Gasteiger partial charge in [-0.1, -0.05) is 54.1 Å². The van der Waals surface area contributed by atoms with Gasteiger partial charge in [0.05, 0.1) is 11.2 Å². The van der Waals surface area contributed by atoms with Crippen LogP contribution in [-0.2, 0) is 17.6 Å². The molecular weight excluding hydrogens is 483 g/mol. The van der Waals surface area contributed by atoms with Gasteiger partial charge in [-0.15, -0.1) is 0 Å². The van der Waals surface area contributed by atoms with E-state index in [1.54, 1.807) is 0 Å². The van der Waals surface area contributed by atoms with Crippen LogP contribution in [0, 0.1) is 0 Å². The number of benzene rings is 2. The molecule has 0 fully saturated rings. The van der Waals surface area contributed by atoms with E-state index in [4.69, 9.17) is 21.5 Å². The Balaban J connectivity index is 0.000000364. The molecular formula is C25H19ClF3N3O3. The van der Waals surface area contributed by atoms with E-state index in [0.717, 1.165) is 29.6 Å². The second-order valence-corrected chi connectivity index (χ2v) is 8.34. The monoisotopic (exact) mass is 501 g/mol. The summed E-state index contributed by atoms with van der Waals surface area (Å²) >= 11 is 6.16. The fraction of sp³-hybridized carbons (Fsp3) is 0.160. The minimum absolute atomic E-state index is 0.0931. The van der Waals surface area contributed by atoms with Crippen molar-refractivity contribution in [2.75, 3.05) is 0 Å². The lowest BCUT2D eigenvalue weighted by atomic mass is 10.1. The number of nitrogens with zero attached hydrogens (tertiary/aromatic N) is 2. The summed E-state index contributed by atoms with van der Waals surface area (Å²) in [7, 11) is 0. The Kier molecular flexibility index (Phi) is 6.79. The van der Waals surface area contributed by atoms with E-state index in [1.165, 1.54) is 11.1 Å². The zero-order chi connectivity index (χ0) is 25.2. The molecule has 6 nitrogen and oxygen atoms in total. The third kappa shape index (κ3) is 5.46. The normalized spacial score (nSPS) is 13.1. The fourth-order valence-corrected chi connectivity index (χ4v) is 4.15. The number of imidazole rings is 1. The fourth-order valence-electron chi connectivity index (χ4n) is 3.96. The van der Waals surface area contributed by atoms with Gasteiger partial charge in [0.2, 0.25) is 5.82 Å². The topological polar surface area (TPSA) is 83.7 Å². The van der Waals surface area contributed by atoms with E-state index in [0.29, 0.717) is 10.8 Å². The summed E-state index contributed by atoms with van der Waals surface area (Å²) in [6.07, 6.45) is -1.51. The number of carboxylic acid groups (broad SMARTS) is 1. The molecule has 1 aliphatic carbocycles. The molecule has 0 spiro atoms. The van der Waals surface area contributed by atoms with Gasteiger partial charge in [-0.05, 0) is 48.2 Å². The van der Waals surface area contributed by atoms with E-state index >= 15 is 0 Å². The molecule has 0 atom stereocenters. The number of carbonyl (C=O) groups excluding carboxylic acids is 1. The minimum atomic E-state index is -5.08. The van der Waals surface area contributed by atoms with Crippen molar-refractivity contribution < 1.29 is 27.9 Å². The Morgan fingerprint density at radius 3 is 2.23 bits per heavy atom. The first-order valence-corrected chi connectivity index (χ1v) is 10.9. The van der Waals surface area contributed by atoms with Crippen molar-refractivity contribution >= 4 is 29.0 Å². The van der Waals surface area contributed by atoms with Crippen LogP contribution < -0.4 is 5.32 Å². The number of pyridine rings is 1. The zero-order valence-electron chi connectivity index (χ0n) is 18.1. The quantitative estimate of drug-likeness (QED) is 0.405. The van der Waals surface area contributed by atoms with E-state index in [1.807, 2.05) is 65.2 Å². The zero-order valence-corrected chi connectivity index (χ0v) is 18.8. The summed E-state index contributed by atoms with van der Waals surface area (Å²) in [4.78, 5) is 26.6. The molecule has 35 heavy (non-hydrogen) atoms. The predicted molar refractivity (Wildman–Crippen MR) is 124 cm³/mol. The molecule has 10 heteroatoms. The van der Waals surface area contributed by atoms with Crippen LogP contribution in [0.15, 0.2) is 72.9 Å². The Hall–Kier alpha value is -3.85. The van der Waals surface area contributed by atoms with Gasteiger partial charge in [-0.2, -0.15) is 13.2 Å². The summed E-state index contributed by atoms with van der Waals surface area (Å²) in [6.45, 7) is 0. The van der Waals surface area contributed by atoms with Crippen LogP contribution in [0.1, 0.15) is 21.7 Å². The SMILES string of the molecule is O=C(NC1Cc2ccccc2C1)c1nc(-c2cccc(Cl)c2)c2ccccn12.O=C(O)C(F)(F)F. The van der Waals surface area contributed by atoms with Crippen molar-refractivity contribution in [2.24, 2.45) is 0 Å². The number of rotatable bonds is 3. The molecule has 4 aromatic rings. The van der Waals surface area contributed by atoms with Gasteiger partial charge in [0.25, 0.3) is 5.91 Å². The summed E-state index contributed by atoms with van der Waals surface area (Å²) in [5.41, 5.74) is 5.14. The highest BCUT2D eigenvalue weighted by Crippen LogP contribution is 2.27. The number of amides is 1. The van der Waals surface area contributed by atoms with Gasteiger partial charge in [0.1, 0.15) is 0 Å². The molecule has 0 unspecified atom stereocenters. The number of fused-ring (bicyclic) bond motifs is 2. The standard InChI is InChI=1S/C23H18ClN3O.C2HF3O2/c24-18-9-5-8-17(12-18)21-20-10-3-4-11-27(20)22(26-21)23(28)25-19-13-15-6-1-2-7-16(15)14-19;3-2(4,5)1(6)7/h1-12,19H,13-14H2,(H,25,28);(H,6,7). The van der Waals surface area contributed by atoms with Crippen LogP contribution >= 0.6 is 11.6 Å². The van der Waals surface area contributed by atoms with Crippen LogP contribution in [0.2, 0.25) is 5.02 Å². The molecule has 2 aromatic carbocycles. The lowest BCUT2D eigenvalue weighted by molar-refractivity contribution is -0.192. The lowest BCUT2D eigenvalue weighted by Crippen LogP contribution is -2.36. The van der Waals surface area contributed by atoms with E-state index in [-0.39, 0.29) is 11.9 Å². The number of aromatic nitrogens is 2. The third-order valence-corrected chi connectivity index (χ3v) is 5.71. The molecule has 0 bridgehead atoms. The Morgan fingerprint density at radius 2 is 1.63 bits per heavy atom. The highest BCUT2D eigenvalue weighted by atomic mass is 35.5. The van der Waals surface area contributed by atoms with E-state index in [9.17, 15) is 18.0 Å². The van der Waals surface area contributed by atoms with Crippen molar-refractivity contribution in [2.45, 2.75) is 25.1 Å². The maximum Gasteiger partial charge on any atom is 0.490 e. The number of nitrogens with one attached hydrogen (secondary N) is 1.